The van der Waals surface area contributed by atoms with E-state index in [1.54, 1.807) is 0 Å². The van der Waals surface area contributed by atoms with Gasteiger partial charge in [-0.25, -0.2) is 0 Å². The number of alkyl halides is 1. The van der Waals surface area contributed by atoms with Crippen LogP contribution in [0.4, 0.5) is 0 Å². The minimum atomic E-state index is 0.329. The first kappa shape index (κ1) is 9.85. The van der Waals surface area contributed by atoms with Gasteiger partial charge in [-0.3, -0.25) is 0 Å². The summed E-state index contributed by atoms with van der Waals surface area (Å²) in [6.45, 7) is 6.05. The van der Waals surface area contributed by atoms with Crippen LogP contribution in [0.2, 0.25) is 0 Å². The fourth-order valence-corrected chi connectivity index (χ4v) is 2.34. The van der Waals surface area contributed by atoms with Crippen molar-refractivity contribution >= 4 is 11.6 Å². The Morgan fingerprint density at radius 2 is 2.17 bits per heavy atom. The number of rotatable bonds is 4. The Labute approximate surface area is 80.3 Å². The molecule has 0 bridgehead atoms. The van der Waals surface area contributed by atoms with E-state index in [1.807, 2.05) is 6.08 Å². The van der Waals surface area contributed by atoms with Crippen LogP contribution in [0.1, 0.15) is 26.2 Å². The maximum Gasteiger partial charge on any atom is 0.0288 e. The molecule has 0 N–H and O–H groups in total. The van der Waals surface area contributed by atoms with Crippen molar-refractivity contribution in [2.75, 3.05) is 5.88 Å². The summed E-state index contributed by atoms with van der Waals surface area (Å²) in [5.41, 5.74) is 0.329. The average Bonchev–Trinajstić information content (AvgIpc) is 2.54. The van der Waals surface area contributed by atoms with Gasteiger partial charge in [0.05, 0.1) is 0 Å². The van der Waals surface area contributed by atoms with Gasteiger partial charge in [-0.2, -0.15) is 0 Å². The van der Waals surface area contributed by atoms with Gasteiger partial charge in [0.1, 0.15) is 0 Å². The van der Waals surface area contributed by atoms with E-state index in [1.165, 1.54) is 0 Å². The molecule has 1 heteroatoms. The summed E-state index contributed by atoms with van der Waals surface area (Å²) in [7, 11) is 0. The Balaban J connectivity index is 2.60. The van der Waals surface area contributed by atoms with Gasteiger partial charge in [-0.1, -0.05) is 25.2 Å². The average molecular weight is 185 g/mol. The Morgan fingerprint density at radius 3 is 2.58 bits per heavy atom. The quantitative estimate of drug-likeness (QED) is 0.461. The SMILES string of the molecule is C=CCC(C)C1(CCl)CC=CC1. The molecule has 0 aromatic carbocycles. The molecule has 0 fully saturated rings. The van der Waals surface area contributed by atoms with Crippen molar-refractivity contribution in [1.82, 2.24) is 0 Å². The maximum absolute atomic E-state index is 6.02. The first-order valence-electron chi connectivity index (χ1n) is 4.57. The molecule has 0 saturated heterocycles. The highest BCUT2D eigenvalue weighted by molar-refractivity contribution is 6.18. The van der Waals surface area contributed by atoms with Crippen LogP contribution in [0, 0.1) is 11.3 Å². The molecule has 0 spiro atoms. The van der Waals surface area contributed by atoms with Crippen molar-refractivity contribution in [3.63, 3.8) is 0 Å². The fourth-order valence-electron chi connectivity index (χ4n) is 1.86. The van der Waals surface area contributed by atoms with E-state index >= 15 is 0 Å². The molecule has 68 valence electrons. The van der Waals surface area contributed by atoms with E-state index < -0.39 is 0 Å². The van der Waals surface area contributed by atoms with Gasteiger partial charge >= 0.3 is 0 Å². The summed E-state index contributed by atoms with van der Waals surface area (Å²) >= 11 is 6.02. The van der Waals surface area contributed by atoms with Crippen LogP contribution in [-0.2, 0) is 0 Å². The lowest BCUT2D eigenvalue weighted by Gasteiger charge is -2.32. The van der Waals surface area contributed by atoms with Crippen molar-refractivity contribution < 1.29 is 0 Å². The third-order valence-electron chi connectivity index (χ3n) is 3.05. The van der Waals surface area contributed by atoms with Crippen LogP contribution in [0.25, 0.3) is 0 Å². The summed E-state index contributed by atoms with van der Waals surface area (Å²) < 4.78 is 0. The third-order valence-corrected chi connectivity index (χ3v) is 3.58. The van der Waals surface area contributed by atoms with Crippen molar-refractivity contribution in [1.29, 1.82) is 0 Å². The zero-order valence-electron chi connectivity index (χ0n) is 7.72. The van der Waals surface area contributed by atoms with Gasteiger partial charge in [0.2, 0.25) is 0 Å². The lowest BCUT2D eigenvalue weighted by Crippen LogP contribution is -2.27. The number of allylic oxidation sites excluding steroid dienone is 3. The molecule has 1 aliphatic rings. The zero-order valence-corrected chi connectivity index (χ0v) is 8.48. The van der Waals surface area contributed by atoms with Gasteiger partial charge in [-0.15, -0.1) is 18.2 Å². The minimum absolute atomic E-state index is 0.329. The van der Waals surface area contributed by atoms with E-state index in [4.69, 9.17) is 11.6 Å². The van der Waals surface area contributed by atoms with Crippen molar-refractivity contribution in [3.05, 3.63) is 24.8 Å². The summed E-state index contributed by atoms with van der Waals surface area (Å²) in [6.07, 6.45) is 9.87. The first-order valence-corrected chi connectivity index (χ1v) is 5.10. The normalized spacial score (nSPS) is 22.5. The summed E-state index contributed by atoms with van der Waals surface area (Å²) in [5.74, 6) is 1.43. The van der Waals surface area contributed by atoms with Crippen LogP contribution >= 0.6 is 11.6 Å². The molecule has 0 nitrogen and oxygen atoms in total. The Hall–Kier alpha value is -0.230. The number of halogens is 1. The second-order valence-corrected chi connectivity index (χ2v) is 4.07. The number of hydrogen-bond acceptors (Lipinski definition) is 0. The molecular weight excluding hydrogens is 168 g/mol. The molecule has 1 unspecified atom stereocenters. The van der Waals surface area contributed by atoms with Crippen LogP contribution in [0.3, 0.4) is 0 Å². The molecule has 1 atom stereocenters. The predicted octanol–water partition coefficient (Wildman–Crippen LogP) is 3.77. The standard InChI is InChI=1S/C11H17Cl/c1-3-6-10(2)11(9-12)7-4-5-8-11/h3-5,10H,1,6-9H2,2H3. The second kappa shape index (κ2) is 4.13. The Bertz CT molecular complexity index is 173. The molecule has 0 radical (unpaired) electrons. The van der Waals surface area contributed by atoms with Crippen molar-refractivity contribution in [3.8, 4) is 0 Å². The molecule has 0 heterocycles. The largest absolute Gasteiger partial charge is 0.126 e. The second-order valence-electron chi connectivity index (χ2n) is 3.80. The summed E-state index contributed by atoms with van der Waals surface area (Å²) in [5, 5.41) is 0. The summed E-state index contributed by atoms with van der Waals surface area (Å²) in [6, 6.07) is 0. The highest BCUT2D eigenvalue weighted by Crippen LogP contribution is 2.42. The van der Waals surface area contributed by atoms with Crippen molar-refractivity contribution in [2.45, 2.75) is 26.2 Å². The molecule has 12 heavy (non-hydrogen) atoms. The Morgan fingerprint density at radius 1 is 1.58 bits per heavy atom. The zero-order chi connectivity index (χ0) is 9.03. The molecule has 0 aromatic rings. The molecule has 0 amide bonds. The topological polar surface area (TPSA) is 0 Å². The van der Waals surface area contributed by atoms with Gasteiger partial charge in [-0.05, 0) is 30.6 Å². The van der Waals surface area contributed by atoms with E-state index in [0.717, 1.165) is 25.1 Å². The van der Waals surface area contributed by atoms with Gasteiger partial charge in [0.15, 0.2) is 0 Å². The molecule has 0 aliphatic heterocycles. The predicted molar refractivity (Wildman–Crippen MR) is 55.5 cm³/mol. The number of hydrogen-bond donors (Lipinski definition) is 0. The van der Waals surface area contributed by atoms with Crippen molar-refractivity contribution in [2.24, 2.45) is 11.3 Å². The molecule has 0 saturated carbocycles. The van der Waals surface area contributed by atoms with E-state index in [2.05, 4.69) is 25.7 Å². The van der Waals surface area contributed by atoms with Crippen LogP contribution in [-0.4, -0.2) is 5.88 Å². The van der Waals surface area contributed by atoms with E-state index in [9.17, 15) is 0 Å². The van der Waals surface area contributed by atoms with Gasteiger partial charge < -0.3 is 0 Å². The van der Waals surface area contributed by atoms with Crippen LogP contribution in [0.5, 0.6) is 0 Å². The molecule has 1 rings (SSSR count). The smallest absolute Gasteiger partial charge is 0.0288 e. The molecule has 1 aliphatic carbocycles. The monoisotopic (exact) mass is 184 g/mol. The maximum atomic E-state index is 6.02. The van der Waals surface area contributed by atoms with Gasteiger partial charge in [0, 0.05) is 5.88 Å². The lowest BCUT2D eigenvalue weighted by molar-refractivity contribution is 0.227. The summed E-state index contributed by atoms with van der Waals surface area (Å²) in [4.78, 5) is 0. The van der Waals surface area contributed by atoms with E-state index in [-0.39, 0.29) is 0 Å². The molecular formula is C11H17Cl. The van der Waals surface area contributed by atoms with Crippen LogP contribution < -0.4 is 0 Å². The first-order chi connectivity index (χ1) is 5.75. The minimum Gasteiger partial charge on any atom is -0.126 e. The lowest BCUT2D eigenvalue weighted by atomic mass is 9.74. The third kappa shape index (κ3) is 1.74. The van der Waals surface area contributed by atoms with Gasteiger partial charge in [0.25, 0.3) is 0 Å². The Kier molecular flexibility index (Phi) is 3.39. The molecule has 0 aromatic heterocycles. The fraction of sp³-hybridized carbons (Fsp3) is 0.636. The highest BCUT2D eigenvalue weighted by Gasteiger charge is 2.34. The van der Waals surface area contributed by atoms with E-state index in [0.29, 0.717) is 11.3 Å². The van der Waals surface area contributed by atoms with Crippen LogP contribution in [0.15, 0.2) is 24.8 Å². The highest BCUT2D eigenvalue weighted by atomic mass is 35.5.